The topological polar surface area (TPSA) is 102 Å². The summed E-state index contributed by atoms with van der Waals surface area (Å²) in [5, 5.41) is 9.28. The van der Waals surface area contributed by atoms with Crippen LogP contribution in [-0.4, -0.2) is 59.9 Å². The van der Waals surface area contributed by atoms with Gasteiger partial charge in [-0.25, -0.2) is 4.98 Å². The van der Waals surface area contributed by atoms with Crippen LogP contribution in [0.1, 0.15) is 34.6 Å². The van der Waals surface area contributed by atoms with Crippen molar-refractivity contribution in [1.29, 1.82) is 0 Å². The second-order valence-corrected chi connectivity index (χ2v) is 8.37. The predicted octanol–water partition coefficient (Wildman–Crippen LogP) is 4.28. The van der Waals surface area contributed by atoms with Crippen LogP contribution in [-0.2, 0) is 0 Å². The Hall–Kier alpha value is -3.85. The van der Waals surface area contributed by atoms with Gasteiger partial charge in [-0.1, -0.05) is 23.7 Å². The molecule has 0 spiro atoms. The van der Waals surface area contributed by atoms with Crippen LogP contribution in [0.5, 0.6) is 0 Å². The molecular weight excluding hydrogens is 466 g/mol. The third kappa shape index (κ3) is 5.14. The highest BCUT2D eigenvalue weighted by Crippen LogP contribution is 2.31. The number of hydrogen-bond acceptors (Lipinski definition) is 7. The molecular formula is C25H28ClN7O2. The predicted molar refractivity (Wildman–Crippen MR) is 139 cm³/mol. The SMILES string of the molecule is CCN1CCN(CC)c2cc(Nc3ncc(Cl)c(Nc4ccccc4C(=O)NC)n3)ccc2C1=O. The van der Waals surface area contributed by atoms with E-state index in [-0.39, 0.29) is 11.8 Å². The number of carbonyl (C=O) groups excluding carboxylic acids is 2. The fourth-order valence-corrected chi connectivity index (χ4v) is 4.15. The summed E-state index contributed by atoms with van der Waals surface area (Å²) in [4.78, 5) is 38.0. The minimum absolute atomic E-state index is 0.0361. The van der Waals surface area contributed by atoms with Gasteiger partial charge in [0.1, 0.15) is 5.02 Å². The van der Waals surface area contributed by atoms with Crippen molar-refractivity contribution in [1.82, 2.24) is 20.2 Å². The molecule has 0 bridgehead atoms. The molecule has 182 valence electrons. The van der Waals surface area contributed by atoms with Crippen LogP contribution >= 0.6 is 11.6 Å². The number of halogens is 1. The van der Waals surface area contributed by atoms with E-state index in [2.05, 4.69) is 37.7 Å². The Morgan fingerprint density at radius 3 is 2.54 bits per heavy atom. The maximum absolute atomic E-state index is 13.0. The summed E-state index contributed by atoms with van der Waals surface area (Å²) < 4.78 is 0. The number of nitrogens with zero attached hydrogens (tertiary/aromatic N) is 4. The van der Waals surface area contributed by atoms with Crippen molar-refractivity contribution < 1.29 is 9.59 Å². The lowest BCUT2D eigenvalue weighted by molar-refractivity contribution is 0.0775. The number of para-hydroxylation sites is 1. The lowest BCUT2D eigenvalue weighted by Crippen LogP contribution is -2.34. The van der Waals surface area contributed by atoms with E-state index in [0.717, 1.165) is 24.5 Å². The van der Waals surface area contributed by atoms with E-state index in [4.69, 9.17) is 11.6 Å². The Balaban J connectivity index is 1.62. The van der Waals surface area contributed by atoms with E-state index in [9.17, 15) is 9.59 Å². The van der Waals surface area contributed by atoms with Gasteiger partial charge in [0.25, 0.3) is 11.8 Å². The minimum Gasteiger partial charge on any atom is -0.369 e. The van der Waals surface area contributed by atoms with E-state index in [0.29, 0.717) is 46.7 Å². The van der Waals surface area contributed by atoms with Gasteiger partial charge in [0.05, 0.1) is 28.7 Å². The molecule has 3 aromatic rings. The molecule has 0 fully saturated rings. The van der Waals surface area contributed by atoms with E-state index in [1.165, 1.54) is 6.20 Å². The number of fused-ring (bicyclic) bond motifs is 1. The van der Waals surface area contributed by atoms with Crippen LogP contribution in [0.2, 0.25) is 5.02 Å². The minimum atomic E-state index is -0.224. The first kappa shape index (κ1) is 24.3. The summed E-state index contributed by atoms with van der Waals surface area (Å²) >= 11 is 6.34. The monoisotopic (exact) mass is 493 g/mol. The smallest absolute Gasteiger partial charge is 0.256 e. The highest BCUT2D eigenvalue weighted by molar-refractivity contribution is 6.33. The Morgan fingerprint density at radius 1 is 1.06 bits per heavy atom. The van der Waals surface area contributed by atoms with E-state index >= 15 is 0 Å². The molecule has 1 aliphatic heterocycles. The third-order valence-corrected chi connectivity index (χ3v) is 6.19. The molecule has 0 aliphatic carbocycles. The normalized spacial score (nSPS) is 13.2. The lowest BCUT2D eigenvalue weighted by atomic mass is 10.1. The molecule has 2 heterocycles. The Kier molecular flexibility index (Phi) is 7.36. The lowest BCUT2D eigenvalue weighted by Gasteiger charge is -2.23. The molecule has 2 amide bonds. The number of hydrogen-bond donors (Lipinski definition) is 3. The number of anilines is 5. The van der Waals surface area contributed by atoms with Gasteiger partial charge < -0.3 is 25.8 Å². The summed E-state index contributed by atoms with van der Waals surface area (Å²) in [5.74, 6) is 0.499. The van der Waals surface area contributed by atoms with Gasteiger partial charge in [0.2, 0.25) is 5.95 Å². The van der Waals surface area contributed by atoms with E-state index in [1.54, 1.807) is 25.2 Å². The van der Waals surface area contributed by atoms with E-state index in [1.807, 2.05) is 36.1 Å². The molecule has 0 radical (unpaired) electrons. The Morgan fingerprint density at radius 2 is 1.80 bits per heavy atom. The van der Waals surface area contributed by atoms with Crippen LogP contribution in [0.15, 0.2) is 48.7 Å². The summed E-state index contributed by atoms with van der Waals surface area (Å²) in [5.41, 5.74) is 3.35. The number of rotatable bonds is 7. The number of amides is 2. The van der Waals surface area contributed by atoms with Crippen molar-refractivity contribution in [3.05, 3.63) is 64.8 Å². The molecule has 3 N–H and O–H groups in total. The van der Waals surface area contributed by atoms with Gasteiger partial charge in [0.15, 0.2) is 5.82 Å². The van der Waals surface area contributed by atoms with Crippen molar-refractivity contribution in [2.24, 2.45) is 0 Å². The van der Waals surface area contributed by atoms with Crippen molar-refractivity contribution >= 4 is 52.2 Å². The first-order valence-corrected chi connectivity index (χ1v) is 11.9. The fourth-order valence-electron chi connectivity index (χ4n) is 4.01. The number of likely N-dealkylation sites (N-methyl/N-ethyl adjacent to an activating group) is 2. The second kappa shape index (κ2) is 10.6. The van der Waals surface area contributed by atoms with Gasteiger partial charge in [0, 0.05) is 38.9 Å². The first-order valence-electron chi connectivity index (χ1n) is 11.5. The van der Waals surface area contributed by atoms with Crippen LogP contribution in [0, 0.1) is 0 Å². The molecule has 10 heteroatoms. The number of aromatic nitrogens is 2. The highest BCUT2D eigenvalue weighted by Gasteiger charge is 2.25. The Bertz CT molecular complexity index is 1250. The van der Waals surface area contributed by atoms with Gasteiger partial charge in [-0.05, 0) is 44.2 Å². The summed E-state index contributed by atoms with van der Waals surface area (Å²) in [7, 11) is 1.58. The third-order valence-electron chi connectivity index (χ3n) is 5.91. The molecule has 9 nitrogen and oxygen atoms in total. The second-order valence-electron chi connectivity index (χ2n) is 7.96. The largest absolute Gasteiger partial charge is 0.369 e. The van der Waals surface area contributed by atoms with Gasteiger partial charge in [-0.3, -0.25) is 9.59 Å². The van der Waals surface area contributed by atoms with Gasteiger partial charge >= 0.3 is 0 Å². The molecule has 1 aliphatic rings. The Labute approximate surface area is 209 Å². The van der Waals surface area contributed by atoms with Gasteiger partial charge in [-0.15, -0.1) is 0 Å². The standard InChI is InChI=1S/C25H28ClN7O2/c1-4-32-12-13-33(5-2)24(35)18-11-10-16(14-21(18)32)29-25-28-15-19(26)22(31-25)30-20-9-7-6-8-17(20)23(34)27-3/h6-11,14-15H,4-5,12-13H2,1-3H3,(H,27,34)(H2,28,29,30,31). The molecule has 4 rings (SSSR count). The molecule has 0 saturated carbocycles. The van der Waals surface area contributed by atoms with Crippen molar-refractivity contribution in [3.63, 3.8) is 0 Å². The fraction of sp³-hybridized carbons (Fsp3) is 0.280. The van der Waals surface area contributed by atoms with Crippen molar-refractivity contribution in [2.75, 3.05) is 48.8 Å². The number of benzene rings is 2. The molecule has 35 heavy (non-hydrogen) atoms. The number of nitrogens with one attached hydrogen (secondary N) is 3. The van der Waals surface area contributed by atoms with Crippen LogP contribution in [0.3, 0.4) is 0 Å². The molecule has 0 saturated heterocycles. The zero-order valence-corrected chi connectivity index (χ0v) is 20.7. The molecule has 0 unspecified atom stereocenters. The maximum atomic E-state index is 13.0. The molecule has 2 aromatic carbocycles. The van der Waals surface area contributed by atoms with Crippen LogP contribution in [0.25, 0.3) is 0 Å². The average Bonchev–Trinajstić information content (AvgIpc) is 3.01. The van der Waals surface area contributed by atoms with Crippen molar-refractivity contribution in [2.45, 2.75) is 13.8 Å². The first-order chi connectivity index (χ1) is 16.9. The maximum Gasteiger partial charge on any atom is 0.256 e. The average molecular weight is 494 g/mol. The summed E-state index contributed by atoms with van der Waals surface area (Å²) in [6.45, 7) is 6.99. The summed E-state index contributed by atoms with van der Waals surface area (Å²) in [6.07, 6.45) is 1.49. The zero-order chi connectivity index (χ0) is 24.9. The van der Waals surface area contributed by atoms with E-state index < -0.39 is 0 Å². The van der Waals surface area contributed by atoms with Gasteiger partial charge in [-0.2, -0.15) is 4.98 Å². The zero-order valence-electron chi connectivity index (χ0n) is 19.9. The van der Waals surface area contributed by atoms with Crippen molar-refractivity contribution in [3.8, 4) is 0 Å². The molecule has 1 aromatic heterocycles. The van der Waals surface area contributed by atoms with Crippen LogP contribution < -0.4 is 20.9 Å². The highest BCUT2D eigenvalue weighted by atomic mass is 35.5. The summed E-state index contributed by atoms with van der Waals surface area (Å²) in [6, 6.07) is 12.7. The number of carbonyl (C=O) groups is 2. The molecule has 0 atom stereocenters. The quantitative estimate of drug-likeness (QED) is 0.451. The van der Waals surface area contributed by atoms with Crippen LogP contribution in [0.4, 0.5) is 28.8 Å².